The Hall–Kier alpha value is -2.00. The number of hydrogen-bond donors (Lipinski definition) is 0. The quantitative estimate of drug-likeness (QED) is 0.204. The van der Waals surface area contributed by atoms with Crippen LogP contribution in [0.15, 0.2) is 12.1 Å². The summed E-state index contributed by atoms with van der Waals surface area (Å²) in [4.78, 5) is 0. The number of benzene rings is 1. The SMILES string of the molecule is CCCCCC1CCC(CCCOc2ccc(CCC3CCC(CCCCC)CC3)c(C#N)c2C#N)CC1. The number of nitriles is 2. The van der Waals surface area contributed by atoms with Crippen LogP contribution in [0.4, 0.5) is 0 Å². The number of aryl methyl sites for hydroxylation is 1. The summed E-state index contributed by atoms with van der Waals surface area (Å²) in [5.74, 6) is 4.08. The van der Waals surface area contributed by atoms with Crippen LogP contribution in [0.2, 0.25) is 0 Å². The maximum absolute atomic E-state index is 9.90. The molecular formula is C35H54N2O. The Morgan fingerprint density at radius 1 is 0.632 bits per heavy atom. The first-order chi connectivity index (χ1) is 18.7. The summed E-state index contributed by atoms with van der Waals surface area (Å²) in [5.41, 5.74) is 2.01. The molecule has 3 rings (SSSR count). The van der Waals surface area contributed by atoms with Gasteiger partial charge in [-0.25, -0.2) is 0 Å². The zero-order chi connectivity index (χ0) is 27.0. The van der Waals surface area contributed by atoms with Crippen LogP contribution >= 0.6 is 0 Å². The van der Waals surface area contributed by atoms with Gasteiger partial charge in [0.2, 0.25) is 0 Å². The van der Waals surface area contributed by atoms with Gasteiger partial charge in [-0.05, 0) is 61.0 Å². The van der Waals surface area contributed by atoms with Crippen LogP contribution in [0.5, 0.6) is 5.75 Å². The van der Waals surface area contributed by atoms with E-state index in [9.17, 15) is 10.5 Å². The molecule has 0 aliphatic heterocycles. The number of unbranched alkanes of at least 4 members (excludes halogenated alkanes) is 4. The molecular weight excluding hydrogens is 464 g/mol. The average molecular weight is 519 g/mol. The molecule has 0 N–H and O–H groups in total. The second-order valence-electron chi connectivity index (χ2n) is 12.5. The van der Waals surface area contributed by atoms with Crippen LogP contribution in [0.3, 0.4) is 0 Å². The number of rotatable bonds is 16. The summed E-state index contributed by atoms with van der Waals surface area (Å²) in [6.07, 6.45) is 26.2. The fourth-order valence-corrected chi connectivity index (χ4v) is 7.09. The summed E-state index contributed by atoms with van der Waals surface area (Å²) in [6, 6.07) is 8.62. The minimum Gasteiger partial charge on any atom is -0.492 e. The molecule has 2 aliphatic carbocycles. The van der Waals surface area contributed by atoms with Crippen LogP contribution in [0.25, 0.3) is 0 Å². The number of ether oxygens (including phenoxy) is 1. The summed E-state index contributed by atoms with van der Waals surface area (Å²) < 4.78 is 6.08. The van der Waals surface area contributed by atoms with E-state index in [1.807, 2.05) is 12.1 Å². The third-order valence-corrected chi connectivity index (χ3v) is 9.68. The van der Waals surface area contributed by atoms with Gasteiger partial charge in [0.15, 0.2) is 0 Å². The zero-order valence-corrected chi connectivity index (χ0v) is 24.6. The molecule has 2 saturated carbocycles. The summed E-state index contributed by atoms with van der Waals surface area (Å²) >= 11 is 0. The Bertz CT molecular complexity index is 878. The maximum Gasteiger partial charge on any atom is 0.138 e. The van der Waals surface area contributed by atoms with Crippen molar-refractivity contribution in [2.24, 2.45) is 23.7 Å². The van der Waals surface area contributed by atoms with Crippen molar-refractivity contribution >= 4 is 0 Å². The molecule has 0 spiro atoms. The van der Waals surface area contributed by atoms with Gasteiger partial charge in [0.25, 0.3) is 0 Å². The van der Waals surface area contributed by atoms with E-state index in [1.165, 1.54) is 109 Å². The van der Waals surface area contributed by atoms with Gasteiger partial charge < -0.3 is 4.74 Å². The van der Waals surface area contributed by atoms with E-state index in [0.29, 0.717) is 23.5 Å². The molecule has 3 nitrogen and oxygen atoms in total. The first-order valence-corrected chi connectivity index (χ1v) is 16.3. The first kappa shape index (κ1) is 30.5. The molecule has 0 unspecified atom stereocenters. The molecule has 0 amide bonds. The van der Waals surface area contributed by atoms with Crippen molar-refractivity contribution in [2.75, 3.05) is 6.61 Å². The van der Waals surface area contributed by atoms with Crippen molar-refractivity contribution in [3.63, 3.8) is 0 Å². The fraction of sp³-hybridized carbons (Fsp3) is 0.771. The monoisotopic (exact) mass is 518 g/mol. The smallest absolute Gasteiger partial charge is 0.138 e. The Morgan fingerprint density at radius 2 is 1.11 bits per heavy atom. The molecule has 0 saturated heterocycles. The minimum atomic E-state index is 0.442. The molecule has 0 atom stereocenters. The van der Waals surface area contributed by atoms with Crippen molar-refractivity contribution in [3.05, 3.63) is 28.8 Å². The third kappa shape index (κ3) is 9.95. The molecule has 0 heterocycles. The predicted octanol–water partition coefficient (Wildman–Crippen LogP) is 10.3. The van der Waals surface area contributed by atoms with Crippen LogP contribution in [0, 0.1) is 46.3 Å². The lowest BCUT2D eigenvalue weighted by Gasteiger charge is -2.28. The van der Waals surface area contributed by atoms with Gasteiger partial charge in [-0.3, -0.25) is 0 Å². The Kier molecular flexibility index (Phi) is 14.1. The largest absolute Gasteiger partial charge is 0.492 e. The van der Waals surface area contributed by atoms with Crippen molar-refractivity contribution in [1.82, 2.24) is 0 Å². The van der Waals surface area contributed by atoms with Gasteiger partial charge in [0.05, 0.1) is 12.2 Å². The Morgan fingerprint density at radius 3 is 1.58 bits per heavy atom. The van der Waals surface area contributed by atoms with E-state index in [2.05, 4.69) is 26.0 Å². The zero-order valence-electron chi connectivity index (χ0n) is 24.6. The van der Waals surface area contributed by atoms with E-state index in [1.54, 1.807) is 0 Å². The summed E-state index contributed by atoms with van der Waals surface area (Å²) in [7, 11) is 0. The minimum absolute atomic E-state index is 0.442. The van der Waals surface area contributed by atoms with Gasteiger partial charge >= 0.3 is 0 Å². The van der Waals surface area contributed by atoms with Gasteiger partial charge in [-0.15, -0.1) is 0 Å². The third-order valence-electron chi connectivity index (χ3n) is 9.68. The van der Waals surface area contributed by atoms with E-state index >= 15 is 0 Å². The summed E-state index contributed by atoms with van der Waals surface area (Å²) in [6.45, 7) is 5.21. The van der Waals surface area contributed by atoms with Gasteiger partial charge in [0, 0.05) is 0 Å². The normalized spacial score (nSPS) is 23.5. The van der Waals surface area contributed by atoms with Crippen molar-refractivity contribution in [1.29, 1.82) is 10.5 Å². The summed E-state index contributed by atoms with van der Waals surface area (Å²) in [5, 5.41) is 19.8. The van der Waals surface area contributed by atoms with Crippen molar-refractivity contribution in [3.8, 4) is 17.9 Å². The molecule has 0 aromatic heterocycles. The second kappa shape index (κ2) is 17.6. The molecule has 0 radical (unpaired) electrons. The van der Waals surface area contributed by atoms with Crippen LogP contribution in [-0.4, -0.2) is 6.61 Å². The molecule has 1 aromatic carbocycles. The van der Waals surface area contributed by atoms with Gasteiger partial charge in [0.1, 0.15) is 23.5 Å². The van der Waals surface area contributed by atoms with Crippen LogP contribution < -0.4 is 4.74 Å². The molecule has 3 heteroatoms. The van der Waals surface area contributed by atoms with Gasteiger partial charge in [-0.1, -0.05) is 123 Å². The molecule has 2 aliphatic rings. The van der Waals surface area contributed by atoms with Crippen LogP contribution in [-0.2, 0) is 6.42 Å². The molecule has 210 valence electrons. The molecule has 2 fully saturated rings. The Balaban J connectivity index is 1.40. The predicted molar refractivity (Wildman–Crippen MR) is 158 cm³/mol. The highest BCUT2D eigenvalue weighted by molar-refractivity contribution is 5.57. The average Bonchev–Trinajstić information content (AvgIpc) is 2.95. The van der Waals surface area contributed by atoms with E-state index in [0.717, 1.165) is 48.5 Å². The lowest BCUT2D eigenvalue weighted by molar-refractivity contribution is 0.228. The maximum atomic E-state index is 9.90. The lowest BCUT2D eigenvalue weighted by atomic mass is 9.77. The first-order valence-electron chi connectivity index (χ1n) is 16.3. The van der Waals surface area contributed by atoms with Crippen LogP contribution in [0.1, 0.15) is 153 Å². The Labute approximate surface area is 234 Å². The lowest BCUT2D eigenvalue weighted by Crippen LogP contribution is -2.15. The molecule has 1 aromatic rings. The fourth-order valence-electron chi connectivity index (χ4n) is 7.09. The van der Waals surface area contributed by atoms with E-state index in [4.69, 9.17) is 4.74 Å². The van der Waals surface area contributed by atoms with Crippen molar-refractivity contribution < 1.29 is 4.74 Å². The highest BCUT2D eigenvalue weighted by Gasteiger charge is 2.23. The molecule has 0 bridgehead atoms. The number of hydrogen-bond acceptors (Lipinski definition) is 3. The van der Waals surface area contributed by atoms with E-state index < -0.39 is 0 Å². The second-order valence-corrected chi connectivity index (χ2v) is 12.5. The van der Waals surface area contributed by atoms with Crippen molar-refractivity contribution in [2.45, 2.75) is 142 Å². The molecule has 38 heavy (non-hydrogen) atoms. The number of nitrogens with zero attached hydrogens (tertiary/aromatic N) is 2. The standard InChI is InChI=1S/C35H54N2O/c1-3-5-7-10-28-13-15-30(16-14-28)12-9-25-38-35-24-23-32(33(26-36)34(35)27-37)22-21-31-19-17-29(18-20-31)11-8-6-4-2/h23-24,28-31H,3-22,25H2,1-2H3. The highest BCUT2D eigenvalue weighted by atomic mass is 16.5. The topological polar surface area (TPSA) is 56.8 Å². The van der Waals surface area contributed by atoms with Gasteiger partial charge in [-0.2, -0.15) is 10.5 Å². The van der Waals surface area contributed by atoms with E-state index in [-0.39, 0.29) is 0 Å². The highest BCUT2D eigenvalue weighted by Crippen LogP contribution is 2.36.